The second kappa shape index (κ2) is 10.7. The van der Waals surface area contributed by atoms with Crippen molar-refractivity contribution in [3.05, 3.63) is 0 Å². The molecule has 1 rings (SSSR count). The van der Waals surface area contributed by atoms with Gasteiger partial charge in [-0.15, -0.1) is 12.3 Å². The molecule has 0 radical (unpaired) electrons. The van der Waals surface area contributed by atoms with Crippen molar-refractivity contribution in [1.82, 2.24) is 5.32 Å². The molecular formula is C19H34N2O3. The quantitative estimate of drug-likeness (QED) is 0.480. The Morgan fingerprint density at radius 3 is 2.46 bits per heavy atom. The third-order valence-corrected chi connectivity index (χ3v) is 4.83. The van der Waals surface area contributed by atoms with Gasteiger partial charge in [0.25, 0.3) is 0 Å². The van der Waals surface area contributed by atoms with E-state index in [1.807, 2.05) is 13.8 Å². The molecule has 0 heterocycles. The summed E-state index contributed by atoms with van der Waals surface area (Å²) in [5.41, 5.74) is 5.77. The van der Waals surface area contributed by atoms with Crippen molar-refractivity contribution in [2.24, 2.45) is 17.6 Å². The van der Waals surface area contributed by atoms with E-state index in [1.165, 1.54) is 19.3 Å². The highest BCUT2D eigenvalue weighted by Gasteiger charge is 2.31. The summed E-state index contributed by atoms with van der Waals surface area (Å²) < 4.78 is 0. The van der Waals surface area contributed by atoms with Crippen LogP contribution < -0.4 is 11.1 Å². The van der Waals surface area contributed by atoms with Crippen molar-refractivity contribution in [2.75, 3.05) is 0 Å². The third-order valence-electron chi connectivity index (χ3n) is 4.83. The highest BCUT2D eigenvalue weighted by atomic mass is 16.3. The van der Waals surface area contributed by atoms with Crippen LogP contribution in [-0.4, -0.2) is 40.4 Å². The Morgan fingerprint density at radius 2 is 1.92 bits per heavy atom. The number of terminal acetylenes is 1. The molecule has 0 aromatic carbocycles. The van der Waals surface area contributed by atoms with E-state index in [0.29, 0.717) is 18.8 Å². The summed E-state index contributed by atoms with van der Waals surface area (Å²) in [6.45, 7) is 3.99. The standard InChI is InChI=1S/C19H34N2O3/c1-4-8-15(20)19(24)21-16(12-14-9-6-5-7-10-14)18(23)17(22)11-13(2)3/h1,13-18,22-23H,5-12,20H2,2-3H3,(H,21,24)/t15-,16?,17-,18+/m0/s1. The Balaban J connectivity index is 2.73. The van der Waals surface area contributed by atoms with E-state index in [-0.39, 0.29) is 18.2 Å². The molecule has 0 aromatic heterocycles. The van der Waals surface area contributed by atoms with Gasteiger partial charge in [-0.05, 0) is 24.7 Å². The van der Waals surface area contributed by atoms with Crippen molar-refractivity contribution in [3.63, 3.8) is 0 Å². The Kier molecular flexibility index (Phi) is 9.35. The molecule has 0 spiro atoms. The van der Waals surface area contributed by atoms with Gasteiger partial charge in [0.1, 0.15) is 6.10 Å². The van der Waals surface area contributed by atoms with Crippen molar-refractivity contribution < 1.29 is 15.0 Å². The molecule has 138 valence electrons. The maximum Gasteiger partial charge on any atom is 0.238 e. The van der Waals surface area contributed by atoms with Crippen LogP contribution in [0.4, 0.5) is 0 Å². The van der Waals surface area contributed by atoms with E-state index in [4.69, 9.17) is 12.2 Å². The minimum absolute atomic E-state index is 0.159. The van der Waals surface area contributed by atoms with Crippen LogP contribution in [0.1, 0.15) is 65.2 Å². The molecule has 1 amide bonds. The summed E-state index contributed by atoms with van der Waals surface area (Å²) in [4.78, 5) is 12.2. The van der Waals surface area contributed by atoms with Gasteiger partial charge in [0.2, 0.25) is 5.91 Å². The largest absolute Gasteiger partial charge is 0.390 e. The number of nitrogens with two attached hydrogens (primary N) is 1. The molecule has 0 aliphatic heterocycles. The van der Waals surface area contributed by atoms with Gasteiger partial charge in [-0.3, -0.25) is 4.79 Å². The van der Waals surface area contributed by atoms with E-state index in [1.54, 1.807) is 0 Å². The lowest BCUT2D eigenvalue weighted by Gasteiger charge is -2.33. The molecule has 1 aliphatic rings. The summed E-state index contributed by atoms with van der Waals surface area (Å²) in [5, 5.41) is 23.7. The van der Waals surface area contributed by atoms with E-state index < -0.39 is 24.3 Å². The zero-order valence-corrected chi connectivity index (χ0v) is 15.1. The molecular weight excluding hydrogens is 304 g/mol. The van der Waals surface area contributed by atoms with E-state index >= 15 is 0 Å². The van der Waals surface area contributed by atoms with Crippen LogP contribution in [0.15, 0.2) is 0 Å². The number of hydrogen-bond donors (Lipinski definition) is 4. The lowest BCUT2D eigenvalue weighted by molar-refractivity contribution is -0.125. The van der Waals surface area contributed by atoms with Gasteiger partial charge in [-0.25, -0.2) is 0 Å². The fourth-order valence-electron chi connectivity index (χ4n) is 3.47. The zero-order valence-electron chi connectivity index (χ0n) is 15.1. The molecule has 1 aliphatic carbocycles. The van der Waals surface area contributed by atoms with Gasteiger partial charge in [0, 0.05) is 6.42 Å². The van der Waals surface area contributed by atoms with Crippen molar-refractivity contribution in [3.8, 4) is 12.3 Å². The number of carbonyl (C=O) groups is 1. The van der Waals surface area contributed by atoms with Gasteiger partial charge < -0.3 is 21.3 Å². The second-order valence-electron chi connectivity index (χ2n) is 7.56. The van der Waals surface area contributed by atoms with Crippen molar-refractivity contribution in [1.29, 1.82) is 0 Å². The van der Waals surface area contributed by atoms with Crippen LogP contribution in [0.3, 0.4) is 0 Å². The normalized spacial score (nSPS) is 20.9. The predicted octanol–water partition coefficient (Wildman–Crippen LogP) is 1.56. The molecule has 1 saturated carbocycles. The number of hydrogen-bond acceptors (Lipinski definition) is 4. The third kappa shape index (κ3) is 7.21. The van der Waals surface area contributed by atoms with Gasteiger partial charge in [0.15, 0.2) is 0 Å². The maximum absolute atomic E-state index is 12.2. The van der Waals surface area contributed by atoms with Crippen molar-refractivity contribution >= 4 is 5.91 Å². The first-order valence-electron chi connectivity index (χ1n) is 9.20. The molecule has 1 unspecified atom stereocenters. The highest BCUT2D eigenvalue weighted by Crippen LogP contribution is 2.28. The first kappa shape index (κ1) is 21.0. The topological polar surface area (TPSA) is 95.6 Å². The van der Waals surface area contributed by atoms with Crippen LogP contribution in [0.5, 0.6) is 0 Å². The van der Waals surface area contributed by atoms with E-state index in [0.717, 1.165) is 12.8 Å². The summed E-state index contributed by atoms with van der Waals surface area (Å²) >= 11 is 0. The Morgan fingerprint density at radius 1 is 1.29 bits per heavy atom. The first-order chi connectivity index (χ1) is 11.3. The fourth-order valence-corrected chi connectivity index (χ4v) is 3.47. The lowest BCUT2D eigenvalue weighted by Crippen LogP contribution is -2.53. The molecule has 1 fully saturated rings. The smallest absolute Gasteiger partial charge is 0.238 e. The van der Waals surface area contributed by atoms with Crippen LogP contribution in [0, 0.1) is 24.2 Å². The number of aliphatic hydroxyl groups excluding tert-OH is 2. The fraction of sp³-hybridized carbons (Fsp3) is 0.842. The number of carbonyl (C=O) groups excluding carboxylic acids is 1. The monoisotopic (exact) mass is 338 g/mol. The molecule has 0 saturated heterocycles. The van der Waals surface area contributed by atoms with Crippen LogP contribution in [0.25, 0.3) is 0 Å². The Labute approximate surface area is 146 Å². The SMILES string of the molecule is C#CC[C@H](N)C(=O)NC(CC1CCCCC1)[C@@H](O)[C@@H](O)CC(C)C. The zero-order chi connectivity index (χ0) is 18.1. The molecule has 4 atom stereocenters. The van der Waals surface area contributed by atoms with Gasteiger partial charge in [0.05, 0.1) is 18.2 Å². The molecule has 5 heteroatoms. The highest BCUT2D eigenvalue weighted by molar-refractivity contribution is 5.82. The average molecular weight is 338 g/mol. The number of aliphatic hydroxyl groups is 2. The summed E-state index contributed by atoms with van der Waals surface area (Å²) in [7, 11) is 0. The molecule has 0 aromatic rings. The van der Waals surface area contributed by atoms with E-state index in [2.05, 4.69) is 11.2 Å². The minimum Gasteiger partial charge on any atom is -0.390 e. The summed E-state index contributed by atoms with van der Waals surface area (Å²) in [6, 6.07) is -1.27. The molecule has 24 heavy (non-hydrogen) atoms. The Bertz CT molecular complexity index is 413. The predicted molar refractivity (Wildman–Crippen MR) is 96.0 cm³/mol. The van der Waals surface area contributed by atoms with Crippen LogP contribution in [-0.2, 0) is 4.79 Å². The summed E-state index contributed by atoms with van der Waals surface area (Å²) in [5.74, 6) is 2.76. The number of rotatable bonds is 9. The number of amides is 1. The molecule has 0 bridgehead atoms. The minimum atomic E-state index is -0.990. The average Bonchev–Trinajstić information content (AvgIpc) is 2.54. The first-order valence-corrected chi connectivity index (χ1v) is 9.20. The van der Waals surface area contributed by atoms with Gasteiger partial charge in [-0.2, -0.15) is 0 Å². The van der Waals surface area contributed by atoms with Crippen LogP contribution >= 0.6 is 0 Å². The Hall–Kier alpha value is -1.09. The lowest BCUT2D eigenvalue weighted by atomic mass is 9.82. The second-order valence-corrected chi connectivity index (χ2v) is 7.56. The number of nitrogens with one attached hydrogen (secondary N) is 1. The molecule has 5 nitrogen and oxygen atoms in total. The van der Waals surface area contributed by atoms with Gasteiger partial charge in [-0.1, -0.05) is 46.0 Å². The van der Waals surface area contributed by atoms with Gasteiger partial charge >= 0.3 is 0 Å². The van der Waals surface area contributed by atoms with E-state index in [9.17, 15) is 15.0 Å². The van der Waals surface area contributed by atoms with Crippen molar-refractivity contribution in [2.45, 2.75) is 89.5 Å². The summed E-state index contributed by atoms with van der Waals surface area (Å²) in [6.07, 6.45) is 10.5. The van der Waals surface area contributed by atoms with Crippen LogP contribution in [0.2, 0.25) is 0 Å². The molecule has 5 N–H and O–H groups in total. The maximum atomic E-state index is 12.2.